The predicted molar refractivity (Wildman–Crippen MR) is 77.0 cm³/mol. The Morgan fingerprint density at radius 2 is 2.20 bits per heavy atom. The molecule has 0 aliphatic carbocycles. The third kappa shape index (κ3) is 3.78. The van der Waals surface area contributed by atoms with Crippen molar-refractivity contribution in [2.75, 3.05) is 26.7 Å². The molecule has 3 atom stereocenters. The summed E-state index contributed by atoms with van der Waals surface area (Å²) >= 11 is 0. The molecule has 0 saturated carbocycles. The molecule has 1 heterocycles. The van der Waals surface area contributed by atoms with E-state index in [1.165, 1.54) is 6.07 Å². The van der Waals surface area contributed by atoms with Crippen molar-refractivity contribution in [2.45, 2.75) is 32.0 Å². The molecule has 0 spiro atoms. The highest BCUT2D eigenvalue weighted by atomic mass is 19.1. The average Bonchev–Trinajstić information content (AvgIpc) is 2.46. The fourth-order valence-electron chi connectivity index (χ4n) is 2.81. The van der Waals surface area contributed by atoms with Crippen LogP contribution in [-0.2, 0) is 4.74 Å². The first-order valence-corrected chi connectivity index (χ1v) is 7.29. The molecule has 3 nitrogen and oxygen atoms in total. The molecule has 1 aliphatic heterocycles. The first-order valence-electron chi connectivity index (χ1n) is 7.29. The normalized spacial score (nSPS) is 25.6. The maximum atomic E-state index is 13.6. The van der Waals surface area contributed by atoms with Gasteiger partial charge in [0.25, 0.3) is 0 Å². The summed E-state index contributed by atoms with van der Waals surface area (Å²) in [7, 11) is 1.75. The second-order valence-electron chi connectivity index (χ2n) is 5.67. The van der Waals surface area contributed by atoms with E-state index in [4.69, 9.17) is 4.74 Å². The highest BCUT2D eigenvalue weighted by Crippen LogP contribution is 2.23. The summed E-state index contributed by atoms with van der Waals surface area (Å²) in [5.41, 5.74) is 0.390. The number of ether oxygens (including phenoxy) is 1. The quantitative estimate of drug-likeness (QED) is 0.900. The number of likely N-dealkylation sites (tertiary alicyclic amines) is 1. The fourth-order valence-corrected chi connectivity index (χ4v) is 2.81. The lowest BCUT2D eigenvalue weighted by Crippen LogP contribution is -2.44. The molecule has 0 aromatic heterocycles. The lowest BCUT2D eigenvalue weighted by molar-refractivity contribution is -0.00877. The van der Waals surface area contributed by atoms with Gasteiger partial charge in [0.15, 0.2) is 0 Å². The van der Waals surface area contributed by atoms with E-state index in [0.717, 1.165) is 26.1 Å². The number of benzene rings is 1. The van der Waals surface area contributed by atoms with Crippen molar-refractivity contribution in [3.8, 4) is 0 Å². The molecular weight excluding hydrogens is 257 g/mol. The first-order chi connectivity index (χ1) is 9.61. The Labute approximate surface area is 120 Å². The Morgan fingerprint density at radius 1 is 1.45 bits per heavy atom. The van der Waals surface area contributed by atoms with E-state index in [2.05, 4.69) is 11.8 Å². The lowest BCUT2D eigenvalue weighted by atomic mass is 9.95. The third-order valence-corrected chi connectivity index (χ3v) is 4.26. The van der Waals surface area contributed by atoms with Gasteiger partial charge in [0.2, 0.25) is 0 Å². The summed E-state index contributed by atoms with van der Waals surface area (Å²) in [6.45, 7) is 4.88. The fraction of sp³-hybridized carbons (Fsp3) is 0.625. The van der Waals surface area contributed by atoms with Gasteiger partial charge in [-0.25, -0.2) is 4.39 Å². The second kappa shape index (κ2) is 7.16. The zero-order valence-corrected chi connectivity index (χ0v) is 12.3. The molecular formula is C16H24FNO2. The van der Waals surface area contributed by atoms with Crippen LogP contribution < -0.4 is 0 Å². The SMILES string of the molecule is COC1CN(CCC(O)c2ccccc2F)CCC1C. The summed E-state index contributed by atoms with van der Waals surface area (Å²) in [6, 6.07) is 6.43. The van der Waals surface area contributed by atoms with Crippen LogP contribution in [0.25, 0.3) is 0 Å². The molecule has 1 aliphatic rings. The third-order valence-electron chi connectivity index (χ3n) is 4.26. The molecule has 1 fully saturated rings. The van der Waals surface area contributed by atoms with Crippen molar-refractivity contribution in [2.24, 2.45) is 5.92 Å². The van der Waals surface area contributed by atoms with E-state index in [1.807, 2.05) is 0 Å². The zero-order chi connectivity index (χ0) is 14.5. The van der Waals surface area contributed by atoms with Gasteiger partial charge in [0, 0.05) is 25.8 Å². The van der Waals surface area contributed by atoms with Crippen LogP contribution in [0.2, 0.25) is 0 Å². The summed E-state index contributed by atoms with van der Waals surface area (Å²) in [6.07, 6.45) is 1.17. The Kier molecular flexibility index (Phi) is 5.52. The molecule has 2 rings (SSSR count). The van der Waals surface area contributed by atoms with Crippen molar-refractivity contribution >= 4 is 0 Å². The monoisotopic (exact) mass is 281 g/mol. The molecule has 4 heteroatoms. The van der Waals surface area contributed by atoms with Gasteiger partial charge < -0.3 is 14.7 Å². The molecule has 0 radical (unpaired) electrons. The Balaban J connectivity index is 1.85. The number of hydrogen-bond acceptors (Lipinski definition) is 3. The Bertz CT molecular complexity index is 427. The van der Waals surface area contributed by atoms with Crippen LogP contribution in [-0.4, -0.2) is 42.9 Å². The van der Waals surface area contributed by atoms with E-state index in [1.54, 1.807) is 25.3 Å². The van der Waals surface area contributed by atoms with Gasteiger partial charge in [0.1, 0.15) is 5.82 Å². The number of rotatable bonds is 5. The molecule has 1 N–H and O–H groups in total. The van der Waals surface area contributed by atoms with Crippen LogP contribution in [0.15, 0.2) is 24.3 Å². The largest absolute Gasteiger partial charge is 0.388 e. The molecule has 1 aromatic carbocycles. The number of piperidine rings is 1. The van der Waals surface area contributed by atoms with Crippen molar-refractivity contribution in [3.63, 3.8) is 0 Å². The van der Waals surface area contributed by atoms with Gasteiger partial charge in [-0.1, -0.05) is 25.1 Å². The van der Waals surface area contributed by atoms with E-state index in [0.29, 0.717) is 17.9 Å². The maximum Gasteiger partial charge on any atom is 0.128 e. The van der Waals surface area contributed by atoms with Gasteiger partial charge in [-0.2, -0.15) is 0 Å². The standard InChI is InChI=1S/C16H24FNO2/c1-12-7-9-18(11-16(12)20-2)10-8-15(19)13-5-3-4-6-14(13)17/h3-6,12,15-16,19H,7-11H2,1-2H3. The smallest absolute Gasteiger partial charge is 0.128 e. The van der Waals surface area contributed by atoms with Crippen LogP contribution in [0.1, 0.15) is 31.4 Å². The number of methoxy groups -OCH3 is 1. The molecule has 112 valence electrons. The topological polar surface area (TPSA) is 32.7 Å². The molecule has 0 amide bonds. The number of aliphatic hydroxyl groups is 1. The van der Waals surface area contributed by atoms with Crippen LogP contribution >= 0.6 is 0 Å². The van der Waals surface area contributed by atoms with Gasteiger partial charge in [-0.3, -0.25) is 0 Å². The highest BCUT2D eigenvalue weighted by molar-refractivity contribution is 5.19. The van der Waals surface area contributed by atoms with Gasteiger partial charge in [-0.05, 0) is 31.4 Å². The number of halogens is 1. The molecule has 1 saturated heterocycles. The molecule has 3 unspecified atom stereocenters. The summed E-state index contributed by atoms with van der Waals surface area (Å²) in [5.74, 6) is 0.245. The number of nitrogens with zero attached hydrogens (tertiary/aromatic N) is 1. The van der Waals surface area contributed by atoms with Gasteiger partial charge >= 0.3 is 0 Å². The van der Waals surface area contributed by atoms with Gasteiger partial charge in [0.05, 0.1) is 12.2 Å². The highest BCUT2D eigenvalue weighted by Gasteiger charge is 2.26. The summed E-state index contributed by atoms with van der Waals surface area (Å²) in [4.78, 5) is 2.29. The average molecular weight is 281 g/mol. The van der Waals surface area contributed by atoms with E-state index >= 15 is 0 Å². The van der Waals surface area contributed by atoms with E-state index in [-0.39, 0.29) is 11.9 Å². The van der Waals surface area contributed by atoms with Crippen LogP contribution in [0.4, 0.5) is 4.39 Å². The Hall–Kier alpha value is -0.970. The zero-order valence-electron chi connectivity index (χ0n) is 12.3. The van der Waals surface area contributed by atoms with Crippen molar-refractivity contribution in [3.05, 3.63) is 35.6 Å². The minimum Gasteiger partial charge on any atom is -0.388 e. The minimum absolute atomic E-state index is 0.259. The van der Waals surface area contributed by atoms with Crippen LogP contribution in [0.5, 0.6) is 0 Å². The number of hydrogen-bond donors (Lipinski definition) is 1. The Morgan fingerprint density at radius 3 is 2.90 bits per heavy atom. The maximum absolute atomic E-state index is 13.6. The van der Waals surface area contributed by atoms with Crippen molar-refractivity contribution in [1.29, 1.82) is 0 Å². The van der Waals surface area contributed by atoms with Crippen LogP contribution in [0.3, 0.4) is 0 Å². The molecule has 20 heavy (non-hydrogen) atoms. The minimum atomic E-state index is -0.739. The van der Waals surface area contributed by atoms with Crippen molar-refractivity contribution < 1.29 is 14.2 Å². The predicted octanol–water partition coefficient (Wildman–Crippen LogP) is 2.61. The van der Waals surface area contributed by atoms with E-state index in [9.17, 15) is 9.50 Å². The van der Waals surface area contributed by atoms with Crippen molar-refractivity contribution in [1.82, 2.24) is 4.90 Å². The lowest BCUT2D eigenvalue weighted by Gasteiger charge is -2.36. The van der Waals surface area contributed by atoms with E-state index < -0.39 is 6.10 Å². The number of aliphatic hydroxyl groups excluding tert-OH is 1. The first kappa shape index (κ1) is 15.4. The summed E-state index contributed by atoms with van der Waals surface area (Å²) in [5, 5.41) is 10.1. The second-order valence-corrected chi connectivity index (χ2v) is 5.67. The molecule has 0 bridgehead atoms. The van der Waals surface area contributed by atoms with Crippen LogP contribution in [0, 0.1) is 11.7 Å². The molecule has 1 aromatic rings. The summed E-state index contributed by atoms with van der Waals surface area (Å²) < 4.78 is 19.1. The van der Waals surface area contributed by atoms with Gasteiger partial charge in [-0.15, -0.1) is 0 Å².